The monoisotopic (exact) mass is 291 g/mol. The maximum absolute atomic E-state index is 12.5. The molecule has 1 saturated heterocycles. The highest BCUT2D eigenvalue weighted by Crippen LogP contribution is 2.20. The summed E-state index contributed by atoms with van der Waals surface area (Å²) in [6.07, 6.45) is 0.673. The second-order valence-electron chi connectivity index (χ2n) is 4.93. The van der Waals surface area contributed by atoms with Gasteiger partial charge in [0.05, 0.1) is 4.92 Å². The summed E-state index contributed by atoms with van der Waals surface area (Å²) in [5.41, 5.74) is -0.0889. The van der Waals surface area contributed by atoms with Gasteiger partial charge in [0.15, 0.2) is 0 Å². The Morgan fingerprint density at radius 1 is 1.10 bits per heavy atom. The number of nitro groups is 1. The van der Waals surface area contributed by atoms with Gasteiger partial charge in [-0.15, -0.1) is 0 Å². The molecule has 7 heteroatoms. The first-order valence-electron chi connectivity index (χ1n) is 6.79. The number of carbonyl (C=O) groups is 2. The van der Waals surface area contributed by atoms with Crippen LogP contribution in [0.25, 0.3) is 0 Å². The van der Waals surface area contributed by atoms with E-state index >= 15 is 0 Å². The molecule has 1 aromatic carbocycles. The first kappa shape index (κ1) is 15.0. The predicted octanol–water partition coefficient (Wildman–Crippen LogP) is 1.29. The number of amides is 2. The van der Waals surface area contributed by atoms with Gasteiger partial charge in [0, 0.05) is 39.2 Å². The zero-order valence-corrected chi connectivity index (χ0v) is 11.8. The summed E-state index contributed by atoms with van der Waals surface area (Å²) in [5, 5.41) is 11.0. The molecule has 1 aliphatic heterocycles. The molecule has 0 atom stereocenters. The van der Waals surface area contributed by atoms with E-state index in [0.29, 0.717) is 32.6 Å². The highest BCUT2D eigenvalue weighted by atomic mass is 16.6. The molecule has 1 heterocycles. The van der Waals surface area contributed by atoms with Gasteiger partial charge in [-0.05, 0) is 12.5 Å². The summed E-state index contributed by atoms with van der Waals surface area (Å²) >= 11 is 0. The minimum atomic E-state index is -0.549. The summed E-state index contributed by atoms with van der Waals surface area (Å²) in [5.74, 6) is -0.373. The largest absolute Gasteiger partial charge is 0.341 e. The van der Waals surface area contributed by atoms with Crippen molar-refractivity contribution in [2.24, 2.45) is 0 Å². The average molecular weight is 291 g/mol. The Kier molecular flexibility index (Phi) is 4.52. The van der Waals surface area contributed by atoms with Crippen LogP contribution in [0.15, 0.2) is 24.3 Å². The zero-order chi connectivity index (χ0) is 15.4. The number of benzene rings is 1. The molecule has 0 spiro atoms. The quantitative estimate of drug-likeness (QED) is 0.607. The van der Waals surface area contributed by atoms with Gasteiger partial charge in [-0.2, -0.15) is 0 Å². The van der Waals surface area contributed by atoms with Crippen molar-refractivity contribution in [1.82, 2.24) is 9.80 Å². The van der Waals surface area contributed by atoms with Gasteiger partial charge in [-0.1, -0.05) is 12.1 Å². The Labute approximate surface area is 122 Å². The first-order chi connectivity index (χ1) is 10.0. The topological polar surface area (TPSA) is 83.8 Å². The molecule has 0 N–H and O–H groups in total. The van der Waals surface area contributed by atoms with Crippen LogP contribution >= 0.6 is 0 Å². The van der Waals surface area contributed by atoms with Crippen LogP contribution in [0.3, 0.4) is 0 Å². The molecule has 112 valence electrons. The van der Waals surface area contributed by atoms with E-state index in [0.717, 1.165) is 0 Å². The smallest absolute Gasteiger partial charge is 0.282 e. The van der Waals surface area contributed by atoms with Crippen molar-refractivity contribution < 1.29 is 14.5 Å². The van der Waals surface area contributed by atoms with Crippen LogP contribution in [0, 0.1) is 10.1 Å². The summed E-state index contributed by atoms with van der Waals surface area (Å²) in [7, 11) is 0. The second-order valence-corrected chi connectivity index (χ2v) is 4.93. The van der Waals surface area contributed by atoms with E-state index in [4.69, 9.17) is 0 Å². The van der Waals surface area contributed by atoms with E-state index in [1.54, 1.807) is 15.9 Å². The molecule has 1 aromatic rings. The van der Waals surface area contributed by atoms with Gasteiger partial charge in [-0.3, -0.25) is 19.7 Å². The molecule has 1 fully saturated rings. The Morgan fingerprint density at radius 3 is 2.38 bits per heavy atom. The fourth-order valence-electron chi connectivity index (χ4n) is 2.42. The van der Waals surface area contributed by atoms with Crippen LogP contribution in [0.1, 0.15) is 23.7 Å². The lowest BCUT2D eigenvalue weighted by molar-refractivity contribution is -0.385. The highest BCUT2D eigenvalue weighted by molar-refractivity contribution is 5.98. The van der Waals surface area contributed by atoms with Crippen molar-refractivity contribution in [2.75, 3.05) is 26.2 Å². The minimum absolute atomic E-state index is 0.0185. The van der Waals surface area contributed by atoms with Crippen LogP contribution in [0.4, 0.5) is 5.69 Å². The number of hydrogen-bond acceptors (Lipinski definition) is 4. The number of para-hydroxylation sites is 1. The van der Waals surface area contributed by atoms with Crippen LogP contribution in [0.5, 0.6) is 0 Å². The van der Waals surface area contributed by atoms with Crippen molar-refractivity contribution >= 4 is 17.5 Å². The number of nitrogens with zero attached hydrogens (tertiary/aromatic N) is 3. The Balaban J connectivity index is 2.17. The third-order valence-corrected chi connectivity index (χ3v) is 3.56. The number of rotatable bonds is 2. The van der Waals surface area contributed by atoms with Gasteiger partial charge in [-0.25, -0.2) is 0 Å². The SMILES string of the molecule is CC(=O)N1CCCN(C(=O)c2ccccc2[N+](=O)[O-])CC1. The molecule has 21 heavy (non-hydrogen) atoms. The maximum Gasteiger partial charge on any atom is 0.282 e. The molecule has 2 rings (SSSR count). The fourth-order valence-corrected chi connectivity index (χ4v) is 2.42. The fraction of sp³-hybridized carbons (Fsp3) is 0.429. The normalized spacial score (nSPS) is 15.5. The van der Waals surface area contributed by atoms with Gasteiger partial charge < -0.3 is 9.80 Å². The molecule has 0 bridgehead atoms. The Bertz CT molecular complexity index is 573. The highest BCUT2D eigenvalue weighted by Gasteiger charge is 2.26. The zero-order valence-electron chi connectivity index (χ0n) is 11.8. The molecule has 7 nitrogen and oxygen atoms in total. The lowest BCUT2D eigenvalue weighted by Gasteiger charge is -2.21. The number of carbonyl (C=O) groups excluding carboxylic acids is 2. The second kappa shape index (κ2) is 6.34. The lowest BCUT2D eigenvalue weighted by atomic mass is 10.1. The van der Waals surface area contributed by atoms with Crippen LogP contribution in [-0.2, 0) is 4.79 Å². The van der Waals surface area contributed by atoms with E-state index in [-0.39, 0.29) is 23.1 Å². The third-order valence-electron chi connectivity index (χ3n) is 3.56. The van der Waals surface area contributed by atoms with Gasteiger partial charge in [0.1, 0.15) is 5.56 Å². The molecular weight excluding hydrogens is 274 g/mol. The lowest BCUT2D eigenvalue weighted by Crippen LogP contribution is -2.36. The number of nitro benzene ring substituents is 1. The van der Waals surface area contributed by atoms with E-state index in [9.17, 15) is 19.7 Å². The molecule has 1 aliphatic rings. The minimum Gasteiger partial charge on any atom is -0.341 e. The Hall–Kier alpha value is -2.44. The van der Waals surface area contributed by atoms with Gasteiger partial charge in [0.25, 0.3) is 11.6 Å². The van der Waals surface area contributed by atoms with Gasteiger partial charge >= 0.3 is 0 Å². The summed E-state index contributed by atoms with van der Waals surface area (Å²) in [6.45, 7) is 3.45. The summed E-state index contributed by atoms with van der Waals surface area (Å²) in [4.78, 5) is 37.6. The maximum atomic E-state index is 12.5. The van der Waals surface area contributed by atoms with Gasteiger partial charge in [0.2, 0.25) is 5.91 Å². The van der Waals surface area contributed by atoms with Crippen molar-refractivity contribution in [3.8, 4) is 0 Å². The molecule has 0 aliphatic carbocycles. The van der Waals surface area contributed by atoms with E-state index < -0.39 is 4.92 Å². The molecule has 2 amide bonds. The molecular formula is C14H17N3O4. The molecule has 0 saturated carbocycles. The van der Waals surface area contributed by atoms with Crippen LogP contribution in [-0.4, -0.2) is 52.7 Å². The van der Waals surface area contributed by atoms with E-state index in [1.807, 2.05) is 0 Å². The average Bonchev–Trinajstić information content (AvgIpc) is 2.72. The molecule has 0 radical (unpaired) electrons. The van der Waals surface area contributed by atoms with Crippen LogP contribution < -0.4 is 0 Å². The third kappa shape index (κ3) is 3.36. The molecule has 0 unspecified atom stereocenters. The van der Waals surface area contributed by atoms with E-state index in [1.165, 1.54) is 25.1 Å². The first-order valence-corrected chi connectivity index (χ1v) is 6.79. The van der Waals surface area contributed by atoms with Crippen molar-refractivity contribution in [2.45, 2.75) is 13.3 Å². The Morgan fingerprint density at radius 2 is 1.71 bits per heavy atom. The van der Waals surface area contributed by atoms with Crippen molar-refractivity contribution in [3.63, 3.8) is 0 Å². The summed E-state index contributed by atoms with van der Waals surface area (Å²) < 4.78 is 0. The predicted molar refractivity (Wildman–Crippen MR) is 75.9 cm³/mol. The standard InChI is InChI=1S/C14H17N3O4/c1-11(18)15-7-4-8-16(10-9-15)14(19)12-5-2-3-6-13(12)17(20)21/h2-3,5-6H,4,7-10H2,1H3. The summed E-state index contributed by atoms with van der Waals surface area (Å²) in [6, 6.07) is 5.94. The number of hydrogen-bond donors (Lipinski definition) is 0. The van der Waals surface area contributed by atoms with Crippen molar-refractivity contribution in [1.29, 1.82) is 0 Å². The van der Waals surface area contributed by atoms with E-state index in [2.05, 4.69) is 0 Å². The van der Waals surface area contributed by atoms with Crippen molar-refractivity contribution in [3.05, 3.63) is 39.9 Å². The molecule has 0 aromatic heterocycles. The van der Waals surface area contributed by atoms with Crippen LogP contribution in [0.2, 0.25) is 0 Å².